The van der Waals surface area contributed by atoms with E-state index < -0.39 is 0 Å². The van der Waals surface area contributed by atoms with Gasteiger partial charge in [0.2, 0.25) is 5.89 Å². The van der Waals surface area contributed by atoms with Gasteiger partial charge in [-0.1, -0.05) is 11.2 Å². The Morgan fingerprint density at radius 1 is 1.32 bits per heavy atom. The lowest BCUT2D eigenvalue weighted by Crippen LogP contribution is -2.12. The number of aromatic nitrogens is 3. The summed E-state index contributed by atoms with van der Waals surface area (Å²) >= 11 is 0. The molecule has 2 aromatic heterocycles. The summed E-state index contributed by atoms with van der Waals surface area (Å²) in [5.74, 6) is 1.94. The minimum absolute atomic E-state index is 0.243. The molecule has 19 heavy (non-hydrogen) atoms. The molecule has 0 amide bonds. The SMILES string of the molecule is O=C1CCC(c2nc(Cc3cccnc3)no2)CC1. The Morgan fingerprint density at radius 2 is 2.16 bits per heavy atom. The Labute approximate surface area is 111 Å². The number of rotatable bonds is 3. The molecule has 5 nitrogen and oxygen atoms in total. The third kappa shape index (κ3) is 2.86. The van der Waals surface area contributed by atoms with Crippen molar-refractivity contribution in [3.63, 3.8) is 0 Å². The standard InChI is InChI=1S/C14H15N3O2/c18-12-5-3-11(4-6-12)14-16-13(17-19-14)8-10-2-1-7-15-9-10/h1-2,7,9,11H,3-6,8H2. The summed E-state index contributed by atoms with van der Waals surface area (Å²) in [6.07, 6.45) is 7.08. The largest absolute Gasteiger partial charge is 0.339 e. The van der Waals surface area contributed by atoms with E-state index in [4.69, 9.17) is 4.52 Å². The number of ketones is 1. The Morgan fingerprint density at radius 3 is 2.89 bits per heavy atom. The molecule has 1 saturated carbocycles. The third-order valence-electron chi connectivity index (χ3n) is 3.46. The summed E-state index contributed by atoms with van der Waals surface area (Å²) in [5.41, 5.74) is 1.06. The van der Waals surface area contributed by atoms with Gasteiger partial charge in [0.25, 0.3) is 0 Å². The molecule has 2 heterocycles. The van der Waals surface area contributed by atoms with E-state index in [0.717, 1.165) is 18.4 Å². The second-order valence-corrected chi connectivity index (χ2v) is 4.90. The zero-order valence-electron chi connectivity index (χ0n) is 10.6. The Hall–Kier alpha value is -2.04. The molecule has 0 aliphatic heterocycles. The molecule has 0 atom stereocenters. The van der Waals surface area contributed by atoms with Crippen molar-refractivity contribution in [1.82, 2.24) is 15.1 Å². The van der Waals surface area contributed by atoms with Crippen LogP contribution < -0.4 is 0 Å². The molecular formula is C14H15N3O2. The summed E-state index contributed by atoms with van der Waals surface area (Å²) in [7, 11) is 0. The van der Waals surface area contributed by atoms with Crippen molar-refractivity contribution >= 4 is 5.78 Å². The highest BCUT2D eigenvalue weighted by molar-refractivity contribution is 5.79. The highest BCUT2D eigenvalue weighted by Gasteiger charge is 2.24. The maximum Gasteiger partial charge on any atom is 0.229 e. The van der Waals surface area contributed by atoms with E-state index in [2.05, 4.69) is 15.1 Å². The molecule has 1 aliphatic rings. The van der Waals surface area contributed by atoms with E-state index >= 15 is 0 Å². The van der Waals surface area contributed by atoms with Crippen LogP contribution in [-0.2, 0) is 11.2 Å². The van der Waals surface area contributed by atoms with Crippen LogP contribution in [0.3, 0.4) is 0 Å². The van der Waals surface area contributed by atoms with Gasteiger partial charge >= 0.3 is 0 Å². The molecule has 0 radical (unpaired) electrons. The zero-order chi connectivity index (χ0) is 13.1. The maximum absolute atomic E-state index is 11.2. The number of nitrogens with zero attached hydrogens (tertiary/aromatic N) is 3. The molecule has 0 N–H and O–H groups in total. The molecule has 5 heteroatoms. The molecule has 1 fully saturated rings. The van der Waals surface area contributed by atoms with E-state index in [1.165, 1.54) is 0 Å². The average Bonchev–Trinajstić information content (AvgIpc) is 2.89. The van der Waals surface area contributed by atoms with Gasteiger partial charge in [0.15, 0.2) is 5.82 Å². The second-order valence-electron chi connectivity index (χ2n) is 4.90. The summed E-state index contributed by atoms with van der Waals surface area (Å²) < 4.78 is 5.32. The fourth-order valence-corrected chi connectivity index (χ4v) is 2.38. The highest BCUT2D eigenvalue weighted by Crippen LogP contribution is 2.30. The Kier molecular flexibility index (Phi) is 3.35. The predicted octanol–water partition coefficient (Wildman–Crippen LogP) is 2.28. The van der Waals surface area contributed by atoms with Gasteiger partial charge in [-0.15, -0.1) is 0 Å². The first kappa shape index (κ1) is 12.0. The van der Waals surface area contributed by atoms with E-state index in [1.807, 2.05) is 12.1 Å². The first-order valence-electron chi connectivity index (χ1n) is 6.54. The molecule has 0 spiro atoms. The number of pyridine rings is 1. The van der Waals surface area contributed by atoms with Crippen LogP contribution in [0.2, 0.25) is 0 Å². The van der Waals surface area contributed by atoms with Crippen LogP contribution in [0.4, 0.5) is 0 Å². The van der Waals surface area contributed by atoms with Gasteiger partial charge in [-0.05, 0) is 24.5 Å². The lowest BCUT2D eigenvalue weighted by Gasteiger charge is -2.16. The van der Waals surface area contributed by atoms with Gasteiger partial charge in [0, 0.05) is 37.6 Å². The lowest BCUT2D eigenvalue weighted by molar-refractivity contribution is -0.120. The fraction of sp³-hybridized carbons (Fsp3) is 0.429. The van der Waals surface area contributed by atoms with Crippen LogP contribution in [0.5, 0.6) is 0 Å². The first-order chi connectivity index (χ1) is 9.31. The molecule has 0 saturated heterocycles. The van der Waals surface area contributed by atoms with Crippen molar-refractivity contribution in [3.8, 4) is 0 Å². The average molecular weight is 257 g/mol. The summed E-state index contributed by atoms with van der Waals surface area (Å²) in [4.78, 5) is 19.7. The van der Waals surface area contributed by atoms with Gasteiger partial charge in [-0.2, -0.15) is 4.98 Å². The summed E-state index contributed by atoms with van der Waals surface area (Å²) in [5, 5.41) is 4.01. The Bertz CT molecular complexity index is 555. The predicted molar refractivity (Wildman–Crippen MR) is 67.6 cm³/mol. The van der Waals surface area contributed by atoms with Crippen LogP contribution in [-0.4, -0.2) is 20.9 Å². The normalized spacial score (nSPS) is 16.7. The van der Waals surface area contributed by atoms with Crippen LogP contribution in [0.15, 0.2) is 29.0 Å². The first-order valence-corrected chi connectivity index (χ1v) is 6.54. The van der Waals surface area contributed by atoms with Crippen molar-refractivity contribution in [3.05, 3.63) is 41.8 Å². The highest BCUT2D eigenvalue weighted by atomic mass is 16.5. The topological polar surface area (TPSA) is 68.9 Å². The van der Waals surface area contributed by atoms with Crippen LogP contribution in [0, 0.1) is 0 Å². The fourth-order valence-electron chi connectivity index (χ4n) is 2.38. The molecule has 3 rings (SSSR count). The zero-order valence-corrected chi connectivity index (χ0v) is 10.6. The number of carbonyl (C=O) groups excluding carboxylic acids is 1. The number of Topliss-reactive ketones (excluding diaryl/α,β-unsaturated/α-hetero) is 1. The van der Waals surface area contributed by atoms with Gasteiger partial charge in [0.1, 0.15) is 5.78 Å². The molecule has 2 aromatic rings. The molecular weight excluding hydrogens is 242 g/mol. The van der Waals surface area contributed by atoms with Crippen molar-refractivity contribution in [2.45, 2.75) is 38.0 Å². The van der Waals surface area contributed by atoms with Gasteiger partial charge < -0.3 is 4.52 Å². The second kappa shape index (κ2) is 5.30. The van der Waals surface area contributed by atoms with E-state index in [-0.39, 0.29) is 5.92 Å². The summed E-state index contributed by atoms with van der Waals surface area (Å²) in [6, 6.07) is 3.88. The van der Waals surface area contributed by atoms with Crippen molar-refractivity contribution in [2.75, 3.05) is 0 Å². The van der Waals surface area contributed by atoms with Gasteiger partial charge in [-0.25, -0.2) is 0 Å². The monoisotopic (exact) mass is 257 g/mol. The maximum atomic E-state index is 11.2. The molecule has 0 aromatic carbocycles. The van der Waals surface area contributed by atoms with E-state index in [0.29, 0.717) is 36.8 Å². The van der Waals surface area contributed by atoms with Crippen LogP contribution >= 0.6 is 0 Å². The minimum atomic E-state index is 0.243. The van der Waals surface area contributed by atoms with Crippen molar-refractivity contribution in [1.29, 1.82) is 0 Å². The number of hydrogen-bond donors (Lipinski definition) is 0. The quantitative estimate of drug-likeness (QED) is 0.843. The van der Waals surface area contributed by atoms with Crippen molar-refractivity contribution < 1.29 is 9.32 Å². The smallest absolute Gasteiger partial charge is 0.229 e. The van der Waals surface area contributed by atoms with Gasteiger partial charge in [-0.3, -0.25) is 9.78 Å². The van der Waals surface area contributed by atoms with Gasteiger partial charge in [0.05, 0.1) is 0 Å². The molecule has 98 valence electrons. The number of hydrogen-bond acceptors (Lipinski definition) is 5. The number of carbonyl (C=O) groups is 1. The molecule has 1 aliphatic carbocycles. The summed E-state index contributed by atoms with van der Waals surface area (Å²) in [6.45, 7) is 0. The van der Waals surface area contributed by atoms with Crippen molar-refractivity contribution in [2.24, 2.45) is 0 Å². The minimum Gasteiger partial charge on any atom is -0.339 e. The molecule has 0 unspecified atom stereocenters. The molecule has 0 bridgehead atoms. The van der Waals surface area contributed by atoms with E-state index in [1.54, 1.807) is 12.4 Å². The van der Waals surface area contributed by atoms with Crippen LogP contribution in [0.25, 0.3) is 0 Å². The lowest BCUT2D eigenvalue weighted by atomic mass is 9.88. The van der Waals surface area contributed by atoms with Crippen LogP contribution in [0.1, 0.15) is 48.9 Å². The van der Waals surface area contributed by atoms with E-state index in [9.17, 15) is 4.79 Å². The third-order valence-corrected chi connectivity index (χ3v) is 3.46. The Balaban J connectivity index is 1.68.